The standard InChI is InChI=1S/C13H24N4O2S/c1-3-7-14-9-5-10-17(2)20(18,19)16-12-13-6-4-8-15-11-13/h4,6,8,11,14,16H,3,5,7,9-10,12H2,1-2H3. The molecule has 1 aromatic rings. The third kappa shape index (κ3) is 6.42. The zero-order chi connectivity index (χ0) is 14.8. The van der Waals surface area contributed by atoms with Crippen LogP contribution in [-0.2, 0) is 16.8 Å². The van der Waals surface area contributed by atoms with Crippen LogP contribution in [0, 0.1) is 0 Å². The Balaban J connectivity index is 2.32. The first-order valence-electron chi connectivity index (χ1n) is 6.87. The highest BCUT2D eigenvalue weighted by atomic mass is 32.2. The van der Waals surface area contributed by atoms with Crippen LogP contribution in [0.25, 0.3) is 0 Å². The van der Waals surface area contributed by atoms with Gasteiger partial charge in [0.05, 0.1) is 0 Å². The van der Waals surface area contributed by atoms with Crippen molar-refractivity contribution >= 4 is 10.2 Å². The molecule has 0 saturated carbocycles. The number of rotatable bonds is 10. The van der Waals surface area contributed by atoms with Gasteiger partial charge in [-0.1, -0.05) is 13.0 Å². The van der Waals surface area contributed by atoms with E-state index in [1.54, 1.807) is 25.5 Å². The van der Waals surface area contributed by atoms with Crippen LogP contribution in [0.3, 0.4) is 0 Å². The van der Waals surface area contributed by atoms with Crippen LogP contribution in [0.1, 0.15) is 25.3 Å². The van der Waals surface area contributed by atoms with Gasteiger partial charge in [-0.25, -0.2) is 0 Å². The molecule has 0 aromatic carbocycles. The molecule has 0 aliphatic heterocycles. The molecular weight excluding hydrogens is 276 g/mol. The zero-order valence-corrected chi connectivity index (χ0v) is 13.0. The van der Waals surface area contributed by atoms with Gasteiger partial charge < -0.3 is 5.32 Å². The Kier molecular flexibility index (Phi) is 7.68. The summed E-state index contributed by atoms with van der Waals surface area (Å²) in [6, 6.07) is 3.62. The van der Waals surface area contributed by atoms with Crippen LogP contribution in [0.2, 0.25) is 0 Å². The topological polar surface area (TPSA) is 74.3 Å². The van der Waals surface area contributed by atoms with Crippen LogP contribution < -0.4 is 10.0 Å². The van der Waals surface area contributed by atoms with Gasteiger partial charge >= 0.3 is 0 Å². The molecule has 0 saturated heterocycles. The second kappa shape index (κ2) is 9.02. The van der Waals surface area contributed by atoms with Gasteiger partial charge in [0.15, 0.2) is 0 Å². The molecule has 2 N–H and O–H groups in total. The molecule has 114 valence electrons. The van der Waals surface area contributed by atoms with E-state index in [1.165, 1.54) is 4.31 Å². The van der Waals surface area contributed by atoms with E-state index >= 15 is 0 Å². The van der Waals surface area contributed by atoms with Gasteiger partial charge in [-0.05, 0) is 37.6 Å². The van der Waals surface area contributed by atoms with Gasteiger partial charge in [0.2, 0.25) is 0 Å². The third-order valence-corrected chi connectivity index (χ3v) is 4.36. The van der Waals surface area contributed by atoms with Gasteiger partial charge in [-0.15, -0.1) is 0 Å². The minimum Gasteiger partial charge on any atom is -0.317 e. The molecule has 0 amide bonds. The van der Waals surface area contributed by atoms with Crippen LogP contribution in [0.5, 0.6) is 0 Å². The lowest BCUT2D eigenvalue weighted by Crippen LogP contribution is -2.39. The molecule has 0 unspecified atom stereocenters. The highest BCUT2D eigenvalue weighted by Crippen LogP contribution is 2.00. The van der Waals surface area contributed by atoms with E-state index in [4.69, 9.17) is 0 Å². The van der Waals surface area contributed by atoms with Crippen molar-refractivity contribution in [3.8, 4) is 0 Å². The number of nitrogens with one attached hydrogen (secondary N) is 2. The summed E-state index contributed by atoms with van der Waals surface area (Å²) in [5, 5.41) is 3.25. The maximum absolute atomic E-state index is 12.0. The third-order valence-electron chi connectivity index (χ3n) is 2.85. The number of hydrogen-bond donors (Lipinski definition) is 2. The second-order valence-electron chi connectivity index (χ2n) is 4.61. The molecule has 0 aliphatic carbocycles. The quantitative estimate of drug-likeness (QED) is 0.625. The predicted octanol–water partition coefficient (Wildman–Crippen LogP) is 0.738. The molecule has 0 fully saturated rings. The van der Waals surface area contributed by atoms with Crippen molar-refractivity contribution in [3.63, 3.8) is 0 Å². The summed E-state index contributed by atoms with van der Waals surface area (Å²) >= 11 is 0. The molecule has 1 rings (SSSR count). The fourth-order valence-electron chi connectivity index (χ4n) is 1.64. The molecule has 20 heavy (non-hydrogen) atoms. The van der Waals surface area contributed by atoms with Crippen molar-refractivity contribution in [2.24, 2.45) is 0 Å². The Morgan fingerprint density at radius 1 is 1.35 bits per heavy atom. The van der Waals surface area contributed by atoms with Crippen molar-refractivity contribution in [2.45, 2.75) is 26.3 Å². The molecule has 0 spiro atoms. The van der Waals surface area contributed by atoms with Gasteiger partial charge in [0.1, 0.15) is 0 Å². The van der Waals surface area contributed by atoms with Crippen molar-refractivity contribution in [1.29, 1.82) is 0 Å². The molecule has 0 atom stereocenters. The minimum atomic E-state index is -3.42. The summed E-state index contributed by atoms with van der Waals surface area (Å²) in [5.74, 6) is 0. The monoisotopic (exact) mass is 300 g/mol. The summed E-state index contributed by atoms with van der Waals surface area (Å²) in [5.41, 5.74) is 0.842. The first-order valence-corrected chi connectivity index (χ1v) is 8.31. The summed E-state index contributed by atoms with van der Waals surface area (Å²) in [6.07, 6.45) is 5.19. The first kappa shape index (κ1) is 17.0. The molecule has 6 nitrogen and oxygen atoms in total. The Bertz CT molecular complexity index is 465. The summed E-state index contributed by atoms with van der Waals surface area (Å²) in [7, 11) is -1.83. The van der Waals surface area contributed by atoms with E-state index in [0.29, 0.717) is 6.54 Å². The second-order valence-corrected chi connectivity index (χ2v) is 6.47. The number of nitrogens with zero attached hydrogens (tertiary/aromatic N) is 2. The fourth-order valence-corrected chi connectivity index (χ4v) is 2.58. The number of aromatic nitrogens is 1. The van der Waals surface area contributed by atoms with E-state index in [9.17, 15) is 8.42 Å². The maximum atomic E-state index is 12.0. The van der Waals surface area contributed by atoms with Gasteiger partial charge in [-0.3, -0.25) is 4.98 Å². The summed E-state index contributed by atoms with van der Waals surface area (Å²) in [6.45, 7) is 4.66. The number of hydrogen-bond acceptors (Lipinski definition) is 4. The van der Waals surface area contributed by atoms with Crippen molar-refractivity contribution in [3.05, 3.63) is 30.1 Å². The molecule has 0 radical (unpaired) electrons. The van der Waals surface area contributed by atoms with Crippen LogP contribution >= 0.6 is 0 Å². The summed E-state index contributed by atoms with van der Waals surface area (Å²) in [4.78, 5) is 3.95. The minimum absolute atomic E-state index is 0.259. The van der Waals surface area contributed by atoms with Gasteiger partial charge in [0.25, 0.3) is 10.2 Å². The van der Waals surface area contributed by atoms with E-state index in [1.807, 2.05) is 6.07 Å². The average molecular weight is 300 g/mol. The predicted molar refractivity (Wildman–Crippen MR) is 80.4 cm³/mol. The molecule has 0 bridgehead atoms. The van der Waals surface area contributed by atoms with E-state index < -0.39 is 10.2 Å². The normalized spacial score (nSPS) is 11.9. The SMILES string of the molecule is CCCNCCCN(C)S(=O)(=O)NCc1cccnc1. The molecule has 7 heteroatoms. The smallest absolute Gasteiger partial charge is 0.279 e. The highest BCUT2D eigenvalue weighted by Gasteiger charge is 2.16. The lowest BCUT2D eigenvalue weighted by Gasteiger charge is -2.17. The van der Waals surface area contributed by atoms with Crippen molar-refractivity contribution in [2.75, 3.05) is 26.7 Å². The van der Waals surface area contributed by atoms with Crippen molar-refractivity contribution < 1.29 is 8.42 Å². The molecule has 1 heterocycles. The Morgan fingerprint density at radius 2 is 2.15 bits per heavy atom. The average Bonchev–Trinajstić information content (AvgIpc) is 2.46. The van der Waals surface area contributed by atoms with Crippen LogP contribution in [0.4, 0.5) is 0 Å². The van der Waals surface area contributed by atoms with E-state index in [2.05, 4.69) is 21.9 Å². The number of pyridine rings is 1. The van der Waals surface area contributed by atoms with Crippen LogP contribution in [-0.4, -0.2) is 44.4 Å². The van der Waals surface area contributed by atoms with Crippen molar-refractivity contribution in [1.82, 2.24) is 19.3 Å². The van der Waals surface area contributed by atoms with E-state index in [-0.39, 0.29) is 6.54 Å². The maximum Gasteiger partial charge on any atom is 0.279 e. The lowest BCUT2D eigenvalue weighted by molar-refractivity contribution is 0.444. The fraction of sp³-hybridized carbons (Fsp3) is 0.615. The molecule has 1 aromatic heterocycles. The Labute approximate surface area is 121 Å². The largest absolute Gasteiger partial charge is 0.317 e. The zero-order valence-electron chi connectivity index (χ0n) is 12.2. The Hall–Kier alpha value is -1.02. The van der Waals surface area contributed by atoms with Gasteiger partial charge in [-0.2, -0.15) is 17.4 Å². The van der Waals surface area contributed by atoms with Crippen LogP contribution in [0.15, 0.2) is 24.5 Å². The lowest BCUT2D eigenvalue weighted by atomic mass is 10.3. The first-order chi connectivity index (χ1) is 9.56. The molecule has 0 aliphatic rings. The molecular formula is C13H24N4O2S. The Morgan fingerprint density at radius 3 is 2.80 bits per heavy atom. The van der Waals surface area contributed by atoms with Gasteiger partial charge in [0, 0.05) is 32.5 Å². The summed E-state index contributed by atoms with van der Waals surface area (Å²) < 4.78 is 27.9. The van der Waals surface area contributed by atoms with E-state index in [0.717, 1.165) is 31.5 Å². The highest BCUT2D eigenvalue weighted by molar-refractivity contribution is 7.87.